The van der Waals surface area contributed by atoms with Gasteiger partial charge in [0.1, 0.15) is 12.1 Å². The molecule has 0 fully saturated rings. The molecule has 0 atom stereocenters. The second kappa shape index (κ2) is 6.69. The summed E-state index contributed by atoms with van der Waals surface area (Å²) in [7, 11) is 0. The van der Waals surface area contributed by atoms with Gasteiger partial charge in [0.05, 0.1) is 5.69 Å². The quantitative estimate of drug-likeness (QED) is 0.573. The second-order valence-corrected chi connectivity index (χ2v) is 5.87. The van der Waals surface area contributed by atoms with Crippen molar-refractivity contribution in [2.75, 3.05) is 5.32 Å². The molecular weight excluding hydrogens is 308 g/mol. The molecule has 0 amide bonds. The Hall–Kier alpha value is -3.27. The largest absolute Gasteiger partial charge is 0.340 e. The predicted octanol–water partition coefficient (Wildman–Crippen LogP) is 5.00. The monoisotopic (exact) mass is 326 g/mol. The van der Waals surface area contributed by atoms with Gasteiger partial charge in [0.15, 0.2) is 0 Å². The van der Waals surface area contributed by atoms with Gasteiger partial charge in [0, 0.05) is 40.5 Å². The van der Waals surface area contributed by atoms with Crippen molar-refractivity contribution in [1.29, 1.82) is 0 Å². The highest BCUT2D eigenvalue weighted by Crippen LogP contribution is 2.26. The van der Waals surface area contributed by atoms with Gasteiger partial charge in [0.25, 0.3) is 0 Å². The molecule has 2 aromatic heterocycles. The predicted molar refractivity (Wildman–Crippen MR) is 102 cm³/mol. The number of nitrogens with zero attached hydrogens (tertiary/aromatic N) is 3. The fourth-order valence-electron chi connectivity index (χ4n) is 2.86. The van der Waals surface area contributed by atoms with Crippen molar-refractivity contribution >= 4 is 22.3 Å². The number of anilines is 2. The smallest absolute Gasteiger partial charge is 0.134 e. The van der Waals surface area contributed by atoms with Crippen molar-refractivity contribution in [3.8, 4) is 11.3 Å². The van der Waals surface area contributed by atoms with E-state index in [1.54, 1.807) is 12.5 Å². The first-order chi connectivity index (χ1) is 12.3. The van der Waals surface area contributed by atoms with Crippen LogP contribution in [-0.4, -0.2) is 15.0 Å². The first-order valence-electron chi connectivity index (χ1n) is 8.34. The molecule has 2 aromatic carbocycles. The number of aryl methyl sites for hydroxylation is 1. The number of rotatable bonds is 4. The molecule has 0 saturated carbocycles. The van der Waals surface area contributed by atoms with Crippen LogP contribution in [0.25, 0.3) is 22.0 Å². The van der Waals surface area contributed by atoms with Crippen molar-refractivity contribution in [3.05, 3.63) is 78.9 Å². The van der Waals surface area contributed by atoms with Gasteiger partial charge in [0.2, 0.25) is 0 Å². The van der Waals surface area contributed by atoms with Gasteiger partial charge < -0.3 is 5.32 Å². The van der Waals surface area contributed by atoms with E-state index in [0.717, 1.165) is 40.0 Å². The SMILES string of the molecule is CCc1ccc(-c2cc(Nc3cccc4cnccc34)ncn2)cc1. The minimum atomic E-state index is 0.772. The highest BCUT2D eigenvalue weighted by atomic mass is 15.0. The third kappa shape index (κ3) is 3.19. The summed E-state index contributed by atoms with van der Waals surface area (Å²) in [6.45, 7) is 2.15. The number of fused-ring (bicyclic) bond motifs is 1. The number of hydrogen-bond donors (Lipinski definition) is 1. The maximum absolute atomic E-state index is 4.41. The van der Waals surface area contributed by atoms with E-state index in [9.17, 15) is 0 Å². The summed E-state index contributed by atoms with van der Waals surface area (Å²) in [6.07, 6.45) is 6.29. The van der Waals surface area contributed by atoms with E-state index < -0.39 is 0 Å². The van der Waals surface area contributed by atoms with Crippen LogP contribution in [0.3, 0.4) is 0 Å². The van der Waals surface area contributed by atoms with Crippen LogP contribution in [0.1, 0.15) is 12.5 Å². The second-order valence-electron chi connectivity index (χ2n) is 5.87. The number of hydrogen-bond acceptors (Lipinski definition) is 4. The van der Waals surface area contributed by atoms with E-state index in [4.69, 9.17) is 0 Å². The van der Waals surface area contributed by atoms with Crippen LogP contribution in [0.2, 0.25) is 0 Å². The van der Waals surface area contributed by atoms with E-state index in [1.807, 2.05) is 36.5 Å². The van der Waals surface area contributed by atoms with E-state index >= 15 is 0 Å². The Kier molecular flexibility index (Phi) is 4.09. The average Bonchev–Trinajstić information content (AvgIpc) is 2.69. The van der Waals surface area contributed by atoms with E-state index in [0.29, 0.717) is 0 Å². The normalized spacial score (nSPS) is 10.8. The standard InChI is InChI=1S/C21H18N4/c1-2-15-6-8-16(9-7-15)20-12-21(24-14-23-20)25-19-5-3-4-17-13-22-11-10-18(17)19/h3-14H,2H2,1H3,(H,23,24,25). The molecule has 0 spiro atoms. The topological polar surface area (TPSA) is 50.7 Å². The summed E-state index contributed by atoms with van der Waals surface area (Å²) < 4.78 is 0. The van der Waals surface area contributed by atoms with Crippen molar-refractivity contribution in [1.82, 2.24) is 15.0 Å². The Balaban J connectivity index is 1.67. The lowest BCUT2D eigenvalue weighted by Gasteiger charge is -2.10. The Morgan fingerprint density at radius 3 is 2.68 bits per heavy atom. The fourth-order valence-corrected chi connectivity index (χ4v) is 2.86. The van der Waals surface area contributed by atoms with Crippen LogP contribution in [0.5, 0.6) is 0 Å². The van der Waals surface area contributed by atoms with Gasteiger partial charge in [-0.1, -0.05) is 43.3 Å². The van der Waals surface area contributed by atoms with Gasteiger partial charge in [-0.05, 0) is 24.1 Å². The molecule has 0 aliphatic rings. The Labute approximate surface area is 146 Å². The Morgan fingerprint density at radius 2 is 1.84 bits per heavy atom. The third-order valence-electron chi connectivity index (χ3n) is 4.27. The Morgan fingerprint density at radius 1 is 0.960 bits per heavy atom. The summed E-state index contributed by atoms with van der Waals surface area (Å²) in [5.74, 6) is 0.772. The van der Waals surface area contributed by atoms with Crippen molar-refractivity contribution in [2.24, 2.45) is 0 Å². The van der Waals surface area contributed by atoms with Crippen molar-refractivity contribution in [2.45, 2.75) is 13.3 Å². The maximum atomic E-state index is 4.41. The molecule has 0 aliphatic heterocycles. The van der Waals surface area contributed by atoms with Gasteiger partial charge in [-0.2, -0.15) is 0 Å². The third-order valence-corrected chi connectivity index (χ3v) is 4.27. The van der Waals surface area contributed by atoms with E-state index in [2.05, 4.69) is 51.5 Å². The minimum absolute atomic E-state index is 0.772. The number of aromatic nitrogens is 3. The highest BCUT2D eigenvalue weighted by Gasteiger charge is 2.05. The minimum Gasteiger partial charge on any atom is -0.340 e. The molecular formula is C21H18N4. The summed E-state index contributed by atoms with van der Waals surface area (Å²) in [4.78, 5) is 12.9. The molecule has 0 bridgehead atoms. The lowest BCUT2D eigenvalue weighted by Crippen LogP contribution is -1.96. The average molecular weight is 326 g/mol. The first-order valence-corrected chi connectivity index (χ1v) is 8.34. The summed E-state index contributed by atoms with van der Waals surface area (Å²) in [5, 5.41) is 5.61. The van der Waals surface area contributed by atoms with Crippen LogP contribution in [0.4, 0.5) is 11.5 Å². The zero-order valence-electron chi connectivity index (χ0n) is 14.0. The molecule has 4 heteroatoms. The Bertz CT molecular complexity index is 1000. The molecule has 4 rings (SSSR count). The number of pyridine rings is 1. The van der Waals surface area contributed by atoms with Gasteiger partial charge in [-0.3, -0.25) is 4.98 Å². The molecule has 4 aromatic rings. The molecule has 0 aliphatic carbocycles. The molecule has 0 unspecified atom stereocenters. The lowest BCUT2D eigenvalue weighted by atomic mass is 10.1. The molecule has 1 N–H and O–H groups in total. The number of nitrogens with one attached hydrogen (secondary N) is 1. The highest BCUT2D eigenvalue weighted by molar-refractivity contribution is 5.94. The zero-order valence-corrected chi connectivity index (χ0v) is 14.0. The summed E-state index contributed by atoms with van der Waals surface area (Å²) in [5.41, 5.74) is 4.32. The molecule has 0 saturated heterocycles. The van der Waals surface area contributed by atoms with Gasteiger partial charge in [-0.15, -0.1) is 0 Å². The maximum Gasteiger partial charge on any atom is 0.134 e. The van der Waals surface area contributed by atoms with Crippen LogP contribution in [-0.2, 0) is 6.42 Å². The van der Waals surface area contributed by atoms with Gasteiger partial charge in [-0.25, -0.2) is 9.97 Å². The van der Waals surface area contributed by atoms with Crippen LogP contribution >= 0.6 is 0 Å². The fraction of sp³-hybridized carbons (Fsp3) is 0.0952. The zero-order chi connectivity index (χ0) is 17.1. The molecule has 4 nitrogen and oxygen atoms in total. The summed E-state index contributed by atoms with van der Waals surface area (Å²) >= 11 is 0. The molecule has 2 heterocycles. The van der Waals surface area contributed by atoms with Crippen molar-refractivity contribution in [3.63, 3.8) is 0 Å². The molecule has 0 radical (unpaired) electrons. The molecule has 122 valence electrons. The molecule has 25 heavy (non-hydrogen) atoms. The van der Waals surface area contributed by atoms with Crippen LogP contribution in [0, 0.1) is 0 Å². The van der Waals surface area contributed by atoms with Gasteiger partial charge >= 0.3 is 0 Å². The van der Waals surface area contributed by atoms with Crippen LogP contribution < -0.4 is 5.32 Å². The van der Waals surface area contributed by atoms with Crippen molar-refractivity contribution < 1.29 is 0 Å². The summed E-state index contributed by atoms with van der Waals surface area (Å²) in [6, 6.07) is 18.6. The lowest BCUT2D eigenvalue weighted by molar-refractivity contribution is 1.14. The van der Waals surface area contributed by atoms with E-state index in [1.165, 1.54) is 5.56 Å². The number of benzene rings is 2. The first kappa shape index (κ1) is 15.3. The van der Waals surface area contributed by atoms with E-state index in [-0.39, 0.29) is 0 Å². The van der Waals surface area contributed by atoms with Crippen LogP contribution in [0.15, 0.2) is 73.3 Å².